The second kappa shape index (κ2) is 11.5. The summed E-state index contributed by atoms with van der Waals surface area (Å²) in [6.45, 7) is 0. The summed E-state index contributed by atoms with van der Waals surface area (Å²) in [6, 6.07) is 22.3. The van der Waals surface area contributed by atoms with Crippen molar-refractivity contribution in [2.24, 2.45) is 5.10 Å². The highest BCUT2D eigenvalue weighted by atomic mass is 35.5. The largest absolute Gasteiger partial charge is 0.497 e. The van der Waals surface area contributed by atoms with E-state index in [4.69, 9.17) is 21.1 Å². The number of carbonyl (C=O) groups excluding carboxylic acids is 1. The molecule has 1 aromatic heterocycles. The number of hydrogen-bond donors (Lipinski definition) is 1. The van der Waals surface area contributed by atoms with Crippen LogP contribution in [0.3, 0.4) is 0 Å². The Labute approximate surface area is 211 Å². The maximum atomic E-state index is 12.4. The Kier molecular flexibility index (Phi) is 8.02. The Hall–Kier alpha value is -3.82. The van der Waals surface area contributed by atoms with E-state index in [0.717, 1.165) is 22.7 Å². The summed E-state index contributed by atoms with van der Waals surface area (Å²) in [5.41, 5.74) is 4.92. The Morgan fingerprint density at radius 3 is 2.31 bits per heavy atom. The molecule has 1 amide bonds. The van der Waals surface area contributed by atoms with E-state index in [1.807, 2.05) is 71.3 Å². The number of rotatable bonds is 9. The van der Waals surface area contributed by atoms with Gasteiger partial charge in [0.05, 0.1) is 26.2 Å². The molecule has 0 fully saturated rings. The molecule has 0 spiro atoms. The number of nitrogens with zero attached hydrogens (tertiary/aromatic N) is 4. The normalized spacial score (nSPS) is 10.9. The summed E-state index contributed by atoms with van der Waals surface area (Å²) < 4.78 is 12.4. The second-order valence-electron chi connectivity index (χ2n) is 7.17. The van der Waals surface area contributed by atoms with Crippen molar-refractivity contribution in [3.8, 4) is 28.6 Å². The van der Waals surface area contributed by atoms with Crippen LogP contribution in [-0.4, -0.2) is 46.9 Å². The van der Waals surface area contributed by atoms with E-state index >= 15 is 0 Å². The molecular formula is C25H22ClN5O3S. The number of thioether (sulfide) groups is 1. The van der Waals surface area contributed by atoms with Gasteiger partial charge in [-0.05, 0) is 54.6 Å². The highest BCUT2D eigenvalue weighted by Gasteiger charge is 2.17. The van der Waals surface area contributed by atoms with Crippen molar-refractivity contribution in [1.82, 2.24) is 20.2 Å². The first-order chi connectivity index (χ1) is 17.1. The zero-order valence-corrected chi connectivity index (χ0v) is 20.6. The molecule has 10 heteroatoms. The van der Waals surface area contributed by atoms with Gasteiger partial charge in [0, 0.05) is 21.8 Å². The monoisotopic (exact) mass is 507 g/mol. The highest BCUT2D eigenvalue weighted by Crippen LogP contribution is 2.29. The van der Waals surface area contributed by atoms with Crippen LogP contribution in [0.5, 0.6) is 11.5 Å². The number of nitrogens with one attached hydrogen (secondary N) is 1. The third kappa shape index (κ3) is 6.00. The second-order valence-corrected chi connectivity index (χ2v) is 8.52. The Balaban J connectivity index is 1.54. The lowest BCUT2D eigenvalue weighted by Crippen LogP contribution is -2.20. The summed E-state index contributed by atoms with van der Waals surface area (Å²) in [4.78, 5) is 12.4. The van der Waals surface area contributed by atoms with E-state index in [0.29, 0.717) is 21.6 Å². The van der Waals surface area contributed by atoms with E-state index < -0.39 is 0 Å². The fraction of sp³-hybridized carbons (Fsp3) is 0.120. The summed E-state index contributed by atoms with van der Waals surface area (Å²) in [5.74, 6) is 1.92. The summed E-state index contributed by atoms with van der Waals surface area (Å²) in [5, 5.41) is 13.8. The van der Waals surface area contributed by atoms with Crippen LogP contribution in [0.15, 0.2) is 83.1 Å². The zero-order valence-electron chi connectivity index (χ0n) is 19.0. The number of ether oxygens (including phenoxy) is 2. The lowest BCUT2D eigenvalue weighted by Gasteiger charge is -2.11. The summed E-state index contributed by atoms with van der Waals surface area (Å²) >= 11 is 7.36. The first-order valence-corrected chi connectivity index (χ1v) is 11.9. The van der Waals surface area contributed by atoms with E-state index in [9.17, 15) is 4.79 Å². The minimum atomic E-state index is -0.284. The lowest BCUT2D eigenvalue weighted by atomic mass is 10.2. The fourth-order valence-electron chi connectivity index (χ4n) is 3.17. The van der Waals surface area contributed by atoms with Gasteiger partial charge in [0.2, 0.25) is 0 Å². The van der Waals surface area contributed by atoms with Crippen molar-refractivity contribution in [2.45, 2.75) is 5.16 Å². The van der Waals surface area contributed by atoms with Gasteiger partial charge in [-0.3, -0.25) is 9.36 Å². The first kappa shape index (κ1) is 24.3. The zero-order chi connectivity index (χ0) is 24.6. The average Bonchev–Trinajstić information content (AvgIpc) is 3.32. The molecule has 0 unspecified atom stereocenters. The van der Waals surface area contributed by atoms with Gasteiger partial charge in [0.1, 0.15) is 11.5 Å². The van der Waals surface area contributed by atoms with E-state index in [1.54, 1.807) is 20.3 Å². The molecule has 0 aliphatic heterocycles. The smallest absolute Gasteiger partial charge is 0.250 e. The molecule has 8 nitrogen and oxygen atoms in total. The van der Waals surface area contributed by atoms with Crippen LogP contribution >= 0.6 is 23.4 Å². The number of benzene rings is 3. The van der Waals surface area contributed by atoms with Crippen molar-refractivity contribution >= 4 is 35.5 Å². The van der Waals surface area contributed by atoms with Gasteiger partial charge in [0.15, 0.2) is 11.0 Å². The number of hydrazone groups is 1. The fourth-order valence-corrected chi connectivity index (χ4v) is 4.10. The molecule has 0 aliphatic carbocycles. The number of methoxy groups -OCH3 is 2. The molecule has 35 heavy (non-hydrogen) atoms. The topological polar surface area (TPSA) is 90.6 Å². The van der Waals surface area contributed by atoms with Crippen LogP contribution in [0.1, 0.15) is 5.56 Å². The van der Waals surface area contributed by atoms with Gasteiger partial charge in [-0.1, -0.05) is 41.6 Å². The van der Waals surface area contributed by atoms with Crippen LogP contribution in [0.25, 0.3) is 17.1 Å². The predicted octanol–water partition coefficient (Wildman–Crippen LogP) is 4.85. The van der Waals surface area contributed by atoms with Crippen molar-refractivity contribution in [2.75, 3.05) is 20.0 Å². The number of carbonyl (C=O) groups is 1. The third-order valence-electron chi connectivity index (χ3n) is 4.94. The molecule has 0 aliphatic rings. The lowest BCUT2D eigenvalue weighted by molar-refractivity contribution is -0.118. The van der Waals surface area contributed by atoms with Gasteiger partial charge in [0.25, 0.3) is 5.91 Å². The highest BCUT2D eigenvalue weighted by molar-refractivity contribution is 7.99. The molecule has 4 rings (SSSR count). The molecule has 3 aromatic carbocycles. The quantitative estimate of drug-likeness (QED) is 0.198. The molecule has 0 saturated carbocycles. The van der Waals surface area contributed by atoms with E-state index in [1.165, 1.54) is 18.0 Å². The molecule has 178 valence electrons. The number of aromatic nitrogens is 3. The van der Waals surface area contributed by atoms with Crippen LogP contribution < -0.4 is 14.9 Å². The third-order valence-corrected chi connectivity index (χ3v) is 6.22. The van der Waals surface area contributed by atoms with Crippen LogP contribution in [0.4, 0.5) is 0 Å². The van der Waals surface area contributed by atoms with Gasteiger partial charge in [-0.2, -0.15) is 5.10 Å². The van der Waals surface area contributed by atoms with Crippen LogP contribution in [-0.2, 0) is 4.79 Å². The SMILES string of the molecule is COc1ccc(-c2nnc(SCC(=O)N/N=C\c3ccccc3Cl)n2-c2ccc(OC)cc2)cc1. The van der Waals surface area contributed by atoms with Gasteiger partial charge in [-0.15, -0.1) is 10.2 Å². The first-order valence-electron chi connectivity index (χ1n) is 10.5. The Morgan fingerprint density at radius 2 is 1.66 bits per heavy atom. The van der Waals surface area contributed by atoms with Crippen molar-refractivity contribution < 1.29 is 14.3 Å². The molecule has 0 saturated heterocycles. The Bertz CT molecular complexity index is 1320. The van der Waals surface area contributed by atoms with Crippen LogP contribution in [0.2, 0.25) is 5.02 Å². The molecule has 0 radical (unpaired) electrons. The van der Waals surface area contributed by atoms with Crippen molar-refractivity contribution in [3.63, 3.8) is 0 Å². The molecule has 1 heterocycles. The molecule has 1 N–H and O–H groups in total. The molecule has 0 bridgehead atoms. The van der Waals surface area contributed by atoms with Crippen molar-refractivity contribution in [3.05, 3.63) is 83.4 Å². The van der Waals surface area contributed by atoms with Gasteiger partial charge >= 0.3 is 0 Å². The molecule has 4 aromatic rings. The van der Waals surface area contributed by atoms with Crippen LogP contribution in [0, 0.1) is 0 Å². The Morgan fingerprint density at radius 1 is 1.00 bits per heavy atom. The summed E-state index contributed by atoms with van der Waals surface area (Å²) in [7, 11) is 3.23. The van der Waals surface area contributed by atoms with Gasteiger partial charge < -0.3 is 9.47 Å². The minimum Gasteiger partial charge on any atom is -0.497 e. The number of halogens is 1. The predicted molar refractivity (Wildman–Crippen MR) is 138 cm³/mol. The minimum absolute atomic E-state index is 0.0940. The molecular weight excluding hydrogens is 486 g/mol. The van der Waals surface area contributed by atoms with Gasteiger partial charge in [-0.25, -0.2) is 5.43 Å². The number of amides is 1. The maximum absolute atomic E-state index is 12.4. The standard InChI is InChI=1S/C25H22ClN5O3S/c1-33-20-11-7-17(8-12-20)24-29-30-25(31(24)19-9-13-21(34-2)14-10-19)35-16-23(32)28-27-15-18-5-3-4-6-22(18)26/h3-15H,16H2,1-2H3,(H,28,32)/b27-15-. The van der Waals surface area contributed by atoms with Crippen molar-refractivity contribution in [1.29, 1.82) is 0 Å². The summed E-state index contributed by atoms with van der Waals surface area (Å²) in [6.07, 6.45) is 1.51. The average molecular weight is 508 g/mol. The van der Waals surface area contributed by atoms with E-state index in [2.05, 4.69) is 20.7 Å². The van der Waals surface area contributed by atoms with E-state index in [-0.39, 0.29) is 11.7 Å². The maximum Gasteiger partial charge on any atom is 0.250 e. The number of hydrogen-bond acceptors (Lipinski definition) is 7. The molecule has 0 atom stereocenters.